The normalized spacial score (nSPS) is 30.7. The Morgan fingerprint density at radius 1 is 1.53 bits per heavy atom. The molecule has 0 amide bonds. The summed E-state index contributed by atoms with van der Waals surface area (Å²) in [4.78, 5) is 3.19. The Bertz CT molecular complexity index is 503. The molecule has 2 heterocycles. The van der Waals surface area contributed by atoms with Gasteiger partial charge in [-0.1, -0.05) is 6.92 Å². The van der Waals surface area contributed by atoms with Crippen LogP contribution in [0.4, 0.5) is 0 Å². The summed E-state index contributed by atoms with van der Waals surface area (Å²) in [5.74, 6) is 0.843. The van der Waals surface area contributed by atoms with Gasteiger partial charge in [0, 0.05) is 22.8 Å². The average molecular weight is 281 g/mol. The van der Waals surface area contributed by atoms with E-state index in [9.17, 15) is 9.32 Å². The van der Waals surface area contributed by atoms with Crippen LogP contribution in [0.3, 0.4) is 0 Å². The summed E-state index contributed by atoms with van der Waals surface area (Å²) in [6.07, 6.45) is 1.03. The molecular formula is C14H19NO3S. The van der Waals surface area contributed by atoms with Gasteiger partial charge in [-0.05, 0) is 31.2 Å². The topological polar surface area (TPSA) is 49.8 Å². The second-order valence-electron chi connectivity index (χ2n) is 5.13. The molecule has 1 aromatic carbocycles. The van der Waals surface area contributed by atoms with Crippen LogP contribution in [0.1, 0.15) is 25.0 Å². The van der Waals surface area contributed by atoms with Crippen molar-refractivity contribution in [1.82, 2.24) is 4.90 Å². The maximum atomic E-state index is 12.3. The maximum Gasteiger partial charge on any atom is 0.116 e. The number of benzene rings is 1. The Morgan fingerprint density at radius 2 is 2.37 bits per heavy atom. The van der Waals surface area contributed by atoms with Gasteiger partial charge >= 0.3 is 0 Å². The molecule has 1 aromatic rings. The van der Waals surface area contributed by atoms with Crippen LogP contribution in [-0.4, -0.2) is 45.7 Å². The summed E-state index contributed by atoms with van der Waals surface area (Å²) in [5, 5.41) is 9.67. The third-order valence-electron chi connectivity index (χ3n) is 3.87. The smallest absolute Gasteiger partial charge is 0.116 e. The third kappa shape index (κ3) is 2.30. The molecule has 0 bridgehead atoms. The maximum absolute atomic E-state index is 12.3. The molecule has 2 aliphatic rings. The molecule has 0 aromatic heterocycles. The quantitative estimate of drug-likeness (QED) is 0.896. The molecule has 1 N–H and O–H groups in total. The zero-order valence-electron chi connectivity index (χ0n) is 11.0. The number of phenolic OH excluding ortho intramolecular Hbond substituents is 1. The third-order valence-corrected chi connectivity index (χ3v) is 5.38. The van der Waals surface area contributed by atoms with Crippen LogP contribution in [0, 0.1) is 0 Å². The van der Waals surface area contributed by atoms with E-state index in [1.807, 2.05) is 0 Å². The Balaban J connectivity index is 1.99. The molecule has 19 heavy (non-hydrogen) atoms. The number of morpholine rings is 1. The fraction of sp³-hybridized carbons (Fsp3) is 0.571. The van der Waals surface area contributed by atoms with E-state index in [-0.39, 0.29) is 17.9 Å². The molecule has 1 fully saturated rings. The molecule has 4 nitrogen and oxygen atoms in total. The van der Waals surface area contributed by atoms with Crippen LogP contribution < -0.4 is 0 Å². The van der Waals surface area contributed by atoms with Crippen LogP contribution in [-0.2, 0) is 15.5 Å². The molecule has 3 rings (SSSR count). The Labute approximate surface area is 115 Å². The predicted octanol–water partition coefficient (Wildman–Crippen LogP) is 1.67. The summed E-state index contributed by atoms with van der Waals surface area (Å²) in [7, 11) is -0.999. The highest BCUT2D eigenvalue weighted by atomic mass is 32.2. The minimum absolute atomic E-state index is 0.0555. The van der Waals surface area contributed by atoms with Gasteiger partial charge in [0.25, 0.3) is 0 Å². The summed E-state index contributed by atoms with van der Waals surface area (Å²) in [6, 6.07) is 5.24. The van der Waals surface area contributed by atoms with Gasteiger partial charge in [0.1, 0.15) is 11.9 Å². The van der Waals surface area contributed by atoms with Crippen LogP contribution in [0.5, 0.6) is 5.75 Å². The first-order valence-corrected chi connectivity index (χ1v) is 8.09. The van der Waals surface area contributed by atoms with Crippen molar-refractivity contribution in [2.45, 2.75) is 30.4 Å². The first-order valence-electron chi connectivity index (χ1n) is 6.77. The Hall–Kier alpha value is -0.910. The monoisotopic (exact) mass is 281 g/mol. The van der Waals surface area contributed by atoms with Crippen molar-refractivity contribution in [1.29, 1.82) is 0 Å². The van der Waals surface area contributed by atoms with Gasteiger partial charge in [-0.15, -0.1) is 0 Å². The van der Waals surface area contributed by atoms with Crippen molar-refractivity contribution in [2.75, 3.05) is 25.4 Å². The van der Waals surface area contributed by atoms with Crippen molar-refractivity contribution < 1.29 is 14.1 Å². The highest BCUT2D eigenvalue weighted by Gasteiger charge is 2.40. The lowest BCUT2D eigenvalue weighted by Crippen LogP contribution is -2.51. The van der Waals surface area contributed by atoms with Crippen molar-refractivity contribution in [2.24, 2.45) is 0 Å². The Morgan fingerprint density at radius 3 is 3.16 bits per heavy atom. The molecule has 2 aliphatic heterocycles. The lowest BCUT2D eigenvalue weighted by atomic mass is 9.99. The van der Waals surface area contributed by atoms with Crippen LogP contribution in [0.25, 0.3) is 0 Å². The number of nitrogens with zero attached hydrogens (tertiary/aromatic N) is 1. The van der Waals surface area contributed by atoms with E-state index in [1.165, 1.54) is 0 Å². The molecule has 3 atom stereocenters. The molecule has 104 valence electrons. The minimum atomic E-state index is -0.999. The van der Waals surface area contributed by atoms with Gasteiger partial charge in [0.15, 0.2) is 0 Å². The molecule has 0 spiro atoms. The van der Waals surface area contributed by atoms with E-state index < -0.39 is 10.8 Å². The first kappa shape index (κ1) is 13.1. The number of aromatic hydroxyl groups is 1. The summed E-state index contributed by atoms with van der Waals surface area (Å²) in [6.45, 7) is 4.77. The summed E-state index contributed by atoms with van der Waals surface area (Å²) >= 11 is 0. The minimum Gasteiger partial charge on any atom is -0.508 e. The van der Waals surface area contributed by atoms with E-state index in [4.69, 9.17) is 4.74 Å². The molecule has 1 unspecified atom stereocenters. The largest absolute Gasteiger partial charge is 0.508 e. The van der Waals surface area contributed by atoms with Crippen LogP contribution in [0.15, 0.2) is 23.1 Å². The van der Waals surface area contributed by atoms with Gasteiger partial charge < -0.3 is 9.84 Å². The lowest BCUT2D eigenvalue weighted by Gasteiger charge is -2.44. The van der Waals surface area contributed by atoms with E-state index in [0.717, 1.165) is 30.0 Å². The number of phenols is 1. The van der Waals surface area contributed by atoms with Crippen LogP contribution >= 0.6 is 0 Å². The fourth-order valence-corrected chi connectivity index (χ4v) is 4.56. The average Bonchev–Trinajstić information content (AvgIpc) is 2.40. The van der Waals surface area contributed by atoms with Crippen molar-refractivity contribution in [3.63, 3.8) is 0 Å². The van der Waals surface area contributed by atoms with E-state index in [0.29, 0.717) is 12.4 Å². The lowest BCUT2D eigenvalue weighted by molar-refractivity contribution is -0.0682. The number of ether oxygens (including phenoxy) is 1. The zero-order valence-corrected chi connectivity index (χ0v) is 11.9. The predicted molar refractivity (Wildman–Crippen MR) is 73.7 cm³/mol. The highest BCUT2D eigenvalue weighted by Crippen LogP contribution is 2.38. The standard InChI is InChI=1S/C14H19NO3S/c1-2-5-15-6-7-18-14-11-8-10(16)3-4-13(11)19(17)9-12(14)15/h3-4,8,12,14,16H,2,5-7,9H2,1H3/t12-,14-,19?/m0/s1. The number of fused-ring (bicyclic) bond motifs is 3. The van der Waals surface area contributed by atoms with Crippen LogP contribution in [0.2, 0.25) is 0 Å². The number of rotatable bonds is 2. The van der Waals surface area contributed by atoms with E-state index >= 15 is 0 Å². The molecule has 0 radical (unpaired) electrons. The van der Waals surface area contributed by atoms with Crippen molar-refractivity contribution in [3.05, 3.63) is 23.8 Å². The molecule has 0 saturated carbocycles. The molecular weight excluding hydrogens is 262 g/mol. The molecule has 0 aliphatic carbocycles. The van der Waals surface area contributed by atoms with Crippen molar-refractivity contribution in [3.8, 4) is 5.75 Å². The molecule has 5 heteroatoms. The Kier molecular flexibility index (Phi) is 3.60. The summed E-state index contributed by atoms with van der Waals surface area (Å²) < 4.78 is 18.2. The number of hydrogen-bond acceptors (Lipinski definition) is 4. The van der Waals surface area contributed by atoms with Gasteiger partial charge in [0.2, 0.25) is 0 Å². The van der Waals surface area contributed by atoms with Gasteiger partial charge in [-0.3, -0.25) is 9.11 Å². The fourth-order valence-electron chi connectivity index (χ4n) is 3.03. The highest BCUT2D eigenvalue weighted by molar-refractivity contribution is 7.85. The molecule has 1 saturated heterocycles. The van der Waals surface area contributed by atoms with E-state index in [1.54, 1.807) is 18.2 Å². The van der Waals surface area contributed by atoms with Gasteiger partial charge in [-0.25, -0.2) is 0 Å². The SMILES string of the molecule is CCCN1CCO[C@H]2c3cc(O)ccc3S(=O)C[C@@H]21. The second-order valence-corrected chi connectivity index (χ2v) is 6.59. The number of hydrogen-bond donors (Lipinski definition) is 1. The first-order chi connectivity index (χ1) is 9.20. The summed E-state index contributed by atoms with van der Waals surface area (Å²) in [5.41, 5.74) is 0.899. The van der Waals surface area contributed by atoms with Crippen molar-refractivity contribution >= 4 is 10.8 Å². The van der Waals surface area contributed by atoms with Gasteiger partial charge in [0.05, 0.1) is 23.4 Å². The second kappa shape index (κ2) is 5.23. The zero-order chi connectivity index (χ0) is 13.4. The van der Waals surface area contributed by atoms with Gasteiger partial charge in [-0.2, -0.15) is 0 Å². The van der Waals surface area contributed by atoms with E-state index in [2.05, 4.69) is 11.8 Å².